The third-order valence-electron chi connectivity index (χ3n) is 6.46. The van der Waals surface area contributed by atoms with Crippen LogP contribution in [0.3, 0.4) is 0 Å². The van der Waals surface area contributed by atoms with Gasteiger partial charge in [0.05, 0.1) is 22.5 Å². The van der Waals surface area contributed by atoms with Crippen molar-refractivity contribution in [2.45, 2.75) is 24.9 Å². The van der Waals surface area contributed by atoms with E-state index in [1.807, 2.05) is 0 Å². The molecule has 35 heavy (non-hydrogen) atoms. The summed E-state index contributed by atoms with van der Waals surface area (Å²) in [5.41, 5.74) is 2.51. The Morgan fingerprint density at radius 3 is 2.09 bits per heavy atom. The van der Waals surface area contributed by atoms with Crippen molar-refractivity contribution in [3.8, 4) is 11.1 Å². The van der Waals surface area contributed by atoms with E-state index in [0.717, 1.165) is 0 Å². The van der Waals surface area contributed by atoms with Gasteiger partial charge in [0.25, 0.3) is 0 Å². The number of aryl methyl sites for hydroxylation is 2. The van der Waals surface area contributed by atoms with Gasteiger partial charge < -0.3 is 5.11 Å². The van der Waals surface area contributed by atoms with Crippen molar-refractivity contribution in [2.24, 2.45) is 14.1 Å². The van der Waals surface area contributed by atoms with Crippen LogP contribution in [0.2, 0.25) is 5.02 Å². The minimum absolute atomic E-state index is 0.0445. The van der Waals surface area contributed by atoms with Gasteiger partial charge in [0.15, 0.2) is 0 Å². The fourth-order valence-corrected chi connectivity index (χ4v) is 4.89. The first-order chi connectivity index (χ1) is 16.4. The molecule has 2 atom stereocenters. The van der Waals surface area contributed by atoms with Crippen molar-refractivity contribution in [3.05, 3.63) is 92.9 Å². The number of alkyl halides is 3. The molecule has 0 spiro atoms. The quantitative estimate of drug-likeness (QED) is 0.346. The Balaban J connectivity index is 1.74. The number of hydrogen-bond acceptors (Lipinski definition) is 2. The lowest BCUT2D eigenvalue weighted by Gasteiger charge is -2.28. The Morgan fingerprint density at radius 2 is 1.51 bits per heavy atom. The second-order valence-electron chi connectivity index (χ2n) is 8.58. The standard InChI is InChI=1S/C26H22ClF3N2O3/c1-14(19-10-8-17(12-20(19)27)15-4-6-16(7-5-15)24(33)34)23(26(28,29)30)18-9-11-21-22(13-18)32(3)25(35)31(21)2/h4-14,23H,1-3H3,(H,33,34). The van der Waals surface area contributed by atoms with E-state index in [2.05, 4.69) is 0 Å². The Hall–Kier alpha value is -3.52. The Bertz CT molecular complexity index is 1490. The zero-order chi connectivity index (χ0) is 25.7. The highest BCUT2D eigenvalue weighted by Crippen LogP contribution is 2.47. The largest absolute Gasteiger partial charge is 0.478 e. The number of nitrogens with zero attached hydrogens (tertiary/aromatic N) is 2. The summed E-state index contributed by atoms with van der Waals surface area (Å²) < 4.78 is 45.7. The summed E-state index contributed by atoms with van der Waals surface area (Å²) in [5, 5.41) is 9.24. The van der Waals surface area contributed by atoms with Gasteiger partial charge in [0, 0.05) is 19.1 Å². The predicted octanol–water partition coefficient (Wildman–Crippen LogP) is 6.35. The molecule has 0 saturated carbocycles. The average molecular weight is 503 g/mol. The highest BCUT2D eigenvalue weighted by Gasteiger charge is 2.45. The van der Waals surface area contributed by atoms with E-state index in [1.54, 1.807) is 37.4 Å². The summed E-state index contributed by atoms with van der Waals surface area (Å²) in [6, 6.07) is 15.3. The minimum Gasteiger partial charge on any atom is -0.478 e. The van der Waals surface area contributed by atoms with E-state index in [9.17, 15) is 22.8 Å². The molecule has 0 saturated heterocycles. The van der Waals surface area contributed by atoms with Gasteiger partial charge in [-0.25, -0.2) is 9.59 Å². The van der Waals surface area contributed by atoms with Crippen LogP contribution in [-0.4, -0.2) is 26.4 Å². The summed E-state index contributed by atoms with van der Waals surface area (Å²) in [7, 11) is 3.10. The number of imidazole rings is 1. The fourth-order valence-electron chi connectivity index (χ4n) is 4.54. The normalized spacial score (nSPS) is 13.7. The number of carbonyl (C=O) groups is 1. The van der Waals surface area contributed by atoms with Gasteiger partial charge in [-0.2, -0.15) is 13.2 Å². The third-order valence-corrected chi connectivity index (χ3v) is 6.79. The SMILES string of the molecule is CC(c1ccc(-c2ccc(C(=O)O)cc2)cc1Cl)C(c1ccc2c(c1)n(C)c(=O)n2C)C(F)(F)F. The predicted molar refractivity (Wildman–Crippen MR) is 129 cm³/mol. The number of aromatic nitrogens is 2. The second-order valence-corrected chi connectivity index (χ2v) is 8.98. The van der Waals surface area contributed by atoms with Gasteiger partial charge in [-0.15, -0.1) is 0 Å². The van der Waals surface area contributed by atoms with Crippen molar-refractivity contribution in [1.82, 2.24) is 9.13 Å². The number of aromatic carboxylic acids is 1. The monoisotopic (exact) mass is 502 g/mol. The summed E-state index contributed by atoms with van der Waals surface area (Å²) in [6.45, 7) is 1.48. The van der Waals surface area contributed by atoms with Crippen LogP contribution < -0.4 is 5.69 Å². The lowest BCUT2D eigenvalue weighted by atomic mass is 9.81. The topological polar surface area (TPSA) is 64.2 Å². The summed E-state index contributed by atoms with van der Waals surface area (Å²) >= 11 is 6.47. The van der Waals surface area contributed by atoms with E-state index in [1.165, 1.54) is 53.4 Å². The lowest BCUT2D eigenvalue weighted by molar-refractivity contribution is -0.154. The maximum atomic E-state index is 14.3. The highest BCUT2D eigenvalue weighted by molar-refractivity contribution is 6.31. The first-order valence-corrected chi connectivity index (χ1v) is 11.1. The maximum absolute atomic E-state index is 14.3. The minimum atomic E-state index is -4.56. The van der Waals surface area contributed by atoms with E-state index in [4.69, 9.17) is 16.7 Å². The van der Waals surface area contributed by atoms with Gasteiger partial charge in [-0.05, 0) is 58.5 Å². The van der Waals surface area contributed by atoms with Crippen LogP contribution in [0.25, 0.3) is 22.2 Å². The first kappa shape index (κ1) is 24.6. The molecule has 1 heterocycles. The number of benzene rings is 3. The molecule has 5 nitrogen and oxygen atoms in total. The molecule has 0 radical (unpaired) electrons. The zero-order valence-corrected chi connectivity index (χ0v) is 19.9. The summed E-state index contributed by atoms with van der Waals surface area (Å²) in [5.74, 6) is -3.91. The summed E-state index contributed by atoms with van der Waals surface area (Å²) in [4.78, 5) is 23.3. The molecule has 9 heteroatoms. The molecule has 4 rings (SSSR count). The van der Waals surface area contributed by atoms with E-state index < -0.39 is 24.0 Å². The number of carboxylic acids is 1. The third kappa shape index (κ3) is 4.46. The van der Waals surface area contributed by atoms with E-state index >= 15 is 0 Å². The fraction of sp³-hybridized carbons (Fsp3) is 0.231. The lowest BCUT2D eigenvalue weighted by Crippen LogP contribution is -2.26. The smallest absolute Gasteiger partial charge is 0.396 e. The number of rotatable bonds is 5. The molecule has 0 bridgehead atoms. The Morgan fingerprint density at radius 1 is 0.914 bits per heavy atom. The van der Waals surface area contributed by atoms with Crippen LogP contribution in [0.15, 0.2) is 65.5 Å². The molecule has 182 valence electrons. The maximum Gasteiger partial charge on any atom is 0.396 e. The molecule has 2 unspecified atom stereocenters. The first-order valence-electron chi connectivity index (χ1n) is 10.8. The molecule has 1 N–H and O–H groups in total. The number of hydrogen-bond donors (Lipinski definition) is 1. The second kappa shape index (κ2) is 8.92. The van der Waals surface area contributed by atoms with Crippen LogP contribution in [0.5, 0.6) is 0 Å². The van der Waals surface area contributed by atoms with Crippen molar-refractivity contribution >= 4 is 28.6 Å². The van der Waals surface area contributed by atoms with Gasteiger partial charge >= 0.3 is 17.8 Å². The van der Waals surface area contributed by atoms with Crippen LogP contribution in [0.1, 0.15) is 40.2 Å². The molecule has 0 aliphatic rings. The molecule has 0 aliphatic carbocycles. The van der Waals surface area contributed by atoms with Crippen LogP contribution >= 0.6 is 11.6 Å². The molecular formula is C26H22ClF3N2O3. The molecule has 0 aliphatic heterocycles. The number of fused-ring (bicyclic) bond motifs is 1. The van der Waals surface area contributed by atoms with Crippen LogP contribution in [0, 0.1) is 0 Å². The van der Waals surface area contributed by atoms with Crippen molar-refractivity contribution in [2.75, 3.05) is 0 Å². The number of halogens is 4. The summed E-state index contributed by atoms with van der Waals surface area (Å²) in [6.07, 6.45) is -4.56. The van der Waals surface area contributed by atoms with Crippen LogP contribution in [0.4, 0.5) is 13.2 Å². The number of carboxylic acid groups (broad SMARTS) is 1. The van der Waals surface area contributed by atoms with Gasteiger partial charge in [0.1, 0.15) is 0 Å². The van der Waals surface area contributed by atoms with E-state index in [-0.39, 0.29) is 21.8 Å². The molecule has 4 aromatic rings. The molecule has 0 amide bonds. The molecule has 3 aromatic carbocycles. The Kier molecular flexibility index (Phi) is 6.27. The molecule has 0 fully saturated rings. The van der Waals surface area contributed by atoms with Crippen LogP contribution in [-0.2, 0) is 14.1 Å². The van der Waals surface area contributed by atoms with Crippen molar-refractivity contribution < 1.29 is 23.1 Å². The molecular weight excluding hydrogens is 481 g/mol. The Labute approximate surface area is 204 Å². The van der Waals surface area contributed by atoms with E-state index in [0.29, 0.717) is 27.7 Å². The molecule has 1 aromatic heterocycles. The highest BCUT2D eigenvalue weighted by atomic mass is 35.5. The zero-order valence-electron chi connectivity index (χ0n) is 19.1. The average Bonchev–Trinajstić information content (AvgIpc) is 3.01. The van der Waals surface area contributed by atoms with Gasteiger partial charge in [-0.1, -0.05) is 48.9 Å². The van der Waals surface area contributed by atoms with Crippen molar-refractivity contribution in [1.29, 1.82) is 0 Å². The van der Waals surface area contributed by atoms with Gasteiger partial charge in [-0.3, -0.25) is 9.13 Å². The van der Waals surface area contributed by atoms with Gasteiger partial charge in [0.2, 0.25) is 0 Å². The van der Waals surface area contributed by atoms with Crippen molar-refractivity contribution in [3.63, 3.8) is 0 Å².